The summed E-state index contributed by atoms with van der Waals surface area (Å²) in [6.07, 6.45) is 4.18. The first-order chi connectivity index (χ1) is 18.2. The average Bonchev–Trinajstić information content (AvgIpc) is 3.15. The van der Waals surface area contributed by atoms with Crippen molar-refractivity contribution < 1.29 is 24.2 Å². The molecule has 1 unspecified atom stereocenters. The Labute approximate surface area is 223 Å². The first-order valence-corrected chi connectivity index (χ1v) is 12.8. The van der Waals surface area contributed by atoms with Crippen LogP contribution in [0.2, 0.25) is 0 Å². The number of hydrogen-bond donors (Lipinski definition) is 1. The molecule has 1 amide bonds. The zero-order valence-corrected chi connectivity index (χ0v) is 22.5. The maximum absolute atomic E-state index is 13.4. The highest BCUT2D eigenvalue weighted by Gasteiger charge is 2.46. The molecule has 3 aromatic rings. The lowest BCUT2D eigenvalue weighted by Crippen LogP contribution is -2.29. The Kier molecular flexibility index (Phi) is 8.15. The number of amides is 1. The van der Waals surface area contributed by atoms with Gasteiger partial charge in [-0.2, -0.15) is 0 Å². The van der Waals surface area contributed by atoms with Gasteiger partial charge in [0.05, 0.1) is 25.3 Å². The van der Waals surface area contributed by atoms with Crippen molar-refractivity contribution in [2.75, 3.05) is 13.7 Å². The van der Waals surface area contributed by atoms with Crippen molar-refractivity contribution in [2.24, 2.45) is 5.92 Å². The van der Waals surface area contributed by atoms with E-state index in [9.17, 15) is 14.7 Å². The van der Waals surface area contributed by atoms with Gasteiger partial charge in [-0.1, -0.05) is 37.6 Å². The molecule has 1 aliphatic heterocycles. The monoisotopic (exact) mass is 514 g/mol. The molecule has 2 aromatic carbocycles. The highest BCUT2D eigenvalue weighted by atomic mass is 16.5. The van der Waals surface area contributed by atoms with Gasteiger partial charge in [-0.05, 0) is 73.2 Å². The highest BCUT2D eigenvalue weighted by Crippen LogP contribution is 2.43. The maximum atomic E-state index is 13.4. The predicted octanol–water partition coefficient (Wildman–Crippen LogP) is 5.75. The van der Waals surface area contributed by atoms with Crippen LogP contribution < -0.4 is 9.47 Å². The fourth-order valence-corrected chi connectivity index (χ4v) is 4.59. The standard InChI is InChI=1S/C31H34N2O5/c1-19(2)12-15-38-25-9-8-23(17-26(25)37-5)28-27(29(34)24-16-20(3)6-7-21(24)4)30(35)31(36)33(28)18-22-10-13-32-14-11-22/h6-11,13-14,16-17,19,28,34H,12,15,18H2,1-5H3/b29-27+. The molecule has 0 saturated carbocycles. The highest BCUT2D eigenvalue weighted by molar-refractivity contribution is 6.46. The number of carbonyl (C=O) groups is 2. The molecule has 1 fully saturated rings. The molecule has 1 N–H and O–H groups in total. The number of ether oxygens (including phenoxy) is 2. The van der Waals surface area contributed by atoms with Gasteiger partial charge in [-0.15, -0.1) is 0 Å². The topological polar surface area (TPSA) is 89.0 Å². The summed E-state index contributed by atoms with van der Waals surface area (Å²) in [7, 11) is 1.55. The number of pyridine rings is 1. The van der Waals surface area contributed by atoms with Crippen LogP contribution in [0.5, 0.6) is 11.5 Å². The van der Waals surface area contributed by atoms with E-state index in [2.05, 4.69) is 18.8 Å². The quantitative estimate of drug-likeness (QED) is 0.222. The first-order valence-electron chi connectivity index (χ1n) is 12.8. The number of aryl methyl sites for hydroxylation is 2. The number of Topliss-reactive ketones (excluding diaryl/α,β-unsaturated/α-hetero) is 1. The average molecular weight is 515 g/mol. The van der Waals surface area contributed by atoms with Crippen LogP contribution in [-0.2, 0) is 16.1 Å². The second-order valence-electron chi connectivity index (χ2n) is 10.0. The van der Waals surface area contributed by atoms with Gasteiger partial charge in [0.15, 0.2) is 11.5 Å². The number of benzene rings is 2. The van der Waals surface area contributed by atoms with E-state index in [4.69, 9.17) is 9.47 Å². The van der Waals surface area contributed by atoms with Crippen LogP contribution >= 0.6 is 0 Å². The van der Waals surface area contributed by atoms with E-state index in [-0.39, 0.29) is 17.9 Å². The molecule has 1 atom stereocenters. The van der Waals surface area contributed by atoms with E-state index in [0.717, 1.165) is 23.1 Å². The van der Waals surface area contributed by atoms with Gasteiger partial charge >= 0.3 is 0 Å². The lowest BCUT2D eigenvalue weighted by atomic mass is 9.93. The van der Waals surface area contributed by atoms with E-state index < -0.39 is 17.7 Å². The number of aliphatic hydroxyl groups is 1. The molecule has 0 radical (unpaired) electrons. The van der Waals surface area contributed by atoms with Crippen molar-refractivity contribution in [3.8, 4) is 11.5 Å². The molecular formula is C31H34N2O5. The van der Waals surface area contributed by atoms with Gasteiger partial charge in [-0.25, -0.2) is 0 Å². The lowest BCUT2D eigenvalue weighted by molar-refractivity contribution is -0.140. The van der Waals surface area contributed by atoms with Gasteiger partial charge in [0.25, 0.3) is 11.7 Å². The van der Waals surface area contributed by atoms with Gasteiger partial charge < -0.3 is 19.5 Å². The smallest absolute Gasteiger partial charge is 0.295 e. The minimum absolute atomic E-state index is 0.0493. The normalized spacial score (nSPS) is 16.8. The van der Waals surface area contributed by atoms with Gasteiger partial charge in [0.2, 0.25) is 0 Å². The largest absolute Gasteiger partial charge is 0.507 e. The zero-order valence-electron chi connectivity index (χ0n) is 22.5. The molecule has 1 aliphatic rings. The Morgan fingerprint density at radius 3 is 2.45 bits per heavy atom. The van der Waals surface area contributed by atoms with Crippen molar-refractivity contribution in [1.82, 2.24) is 9.88 Å². The first kappa shape index (κ1) is 26.9. The van der Waals surface area contributed by atoms with Gasteiger partial charge in [0, 0.05) is 24.5 Å². The summed E-state index contributed by atoms with van der Waals surface area (Å²) < 4.78 is 11.6. The number of aromatic nitrogens is 1. The minimum Gasteiger partial charge on any atom is -0.507 e. The van der Waals surface area contributed by atoms with E-state index in [1.165, 1.54) is 4.90 Å². The Bertz CT molecular complexity index is 1360. The van der Waals surface area contributed by atoms with E-state index in [1.54, 1.807) is 43.8 Å². The van der Waals surface area contributed by atoms with Crippen LogP contribution in [0.25, 0.3) is 5.76 Å². The third-order valence-corrected chi connectivity index (χ3v) is 6.75. The molecule has 1 aromatic heterocycles. The SMILES string of the molecule is COc1cc(C2/C(=C(\O)c3cc(C)ccc3C)C(=O)C(=O)N2Cc2ccncc2)ccc1OCCC(C)C. The summed E-state index contributed by atoms with van der Waals surface area (Å²) in [6.45, 7) is 8.76. The zero-order chi connectivity index (χ0) is 27.4. The third kappa shape index (κ3) is 5.57. The van der Waals surface area contributed by atoms with Gasteiger partial charge in [-0.3, -0.25) is 14.6 Å². The summed E-state index contributed by atoms with van der Waals surface area (Å²) in [5, 5.41) is 11.5. The fraction of sp³-hybridized carbons (Fsp3) is 0.323. The Morgan fingerprint density at radius 1 is 1.03 bits per heavy atom. The van der Waals surface area contributed by atoms with Crippen LogP contribution in [0.1, 0.15) is 54.1 Å². The van der Waals surface area contributed by atoms with Crippen LogP contribution in [0.15, 0.2) is 66.5 Å². The Morgan fingerprint density at radius 2 is 1.76 bits per heavy atom. The number of likely N-dealkylation sites (tertiary alicyclic amines) is 1. The number of hydrogen-bond acceptors (Lipinski definition) is 6. The summed E-state index contributed by atoms with van der Waals surface area (Å²) in [4.78, 5) is 32.4. The van der Waals surface area contributed by atoms with E-state index >= 15 is 0 Å². The number of carbonyl (C=O) groups excluding carboxylic acids is 2. The summed E-state index contributed by atoms with van der Waals surface area (Å²) >= 11 is 0. The predicted molar refractivity (Wildman–Crippen MR) is 146 cm³/mol. The second-order valence-corrected chi connectivity index (χ2v) is 10.0. The van der Waals surface area contributed by atoms with E-state index in [0.29, 0.717) is 35.2 Å². The molecule has 4 rings (SSSR count). The maximum Gasteiger partial charge on any atom is 0.295 e. The molecule has 198 valence electrons. The van der Waals surface area contributed by atoms with Crippen molar-refractivity contribution in [3.05, 3.63) is 94.3 Å². The molecule has 0 aliphatic carbocycles. The number of nitrogens with zero attached hydrogens (tertiary/aromatic N) is 2. The summed E-state index contributed by atoms with van der Waals surface area (Å²) in [6, 6.07) is 13.8. The van der Waals surface area contributed by atoms with Crippen molar-refractivity contribution >= 4 is 17.4 Å². The van der Waals surface area contributed by atoms with Gasteiger partial charge in [0.1, 0.15) is 5.76 Å². The lowest BCUT2D eigenvalue weighted by Gasteiger charge is -2.26. The third-order valence-electron chi connectivity index (χ3n) is 6.75. The van der Waals surface area contributed by atoms with Crippen LogP contribution in [0, 0.1) is 19.8 Å². The van der Waals surface area contributed by atoms with Crippen LogP contribution in [-0.4, -0.2) is 40.4 Å². The Balaban J connectivity index is 1.84. The molecule has 7 nitrogen and oxygen atoms in total. The van der Waals surface area contributed by atoms with Crippen LogP contribution in [0.3, 0.4) is 0 Å². The molecular weight excluding hydrogens is 480 g/mol. The minimum atomic E-state index is -0.818. The summed E-state index contributed by atoms with van der Waals surface area (Å²) in [5.41, 5.74) is 3.77. The molecule has 2 heterocycles. The number of ketones is 1. The van der Waals surface area contributed by atoms with Crippen molar-refractivity contribution in [1.29, 1.82) is 0 Å². The molecule has 0 spiro atoms. The number of methoxy groups -OCH3 is 1. The van der Waals surface area contributed by atoms with E-state index in [1.807, 2.05) is 38.1 Å². The molecule has 38 heavy (non-hydrogen) atoms. The summed E-state index contributed by atoms with van der Waals surface area (Å²) in [5.74, 6) is -0.0140. The molecule has 1 saturated heterocycles. The van der Waals surface area contributed by atoms with Crippen LogP contribution in [0.4, 0.5) is 0 Å². The molecule has 7 heteroatoms. The number of rotatable bonds is 9. The van der Waals surface area contributed by atoms with Crippen molar-refractivity contribution in [3.63, 3.8) is 0 Å². The van der Waals surface area contributed by atoms with Crippen molar-refractivity contribution in [2.45, 2.75) is 46.7 Å². The fourth-order valence-electron chi connectivity index (χ4n) is 4.59. The molecule has 0 bridgehead atoms. The number of aliphatic hydroxyl groups excluding tert-OH is 1. The Hall–Kier alpha value is -4.13. The second kappa shape index (κ2) is 11.5.